The van der Waals surface area contributed by atoms with E-state index in [1.165, 1.54) is 0 Å². The third-order valence-corrected chi connectivity index (χ3v) is 1.97. The molecule has 2 unspecified atom stereocenters. The van der Waals surface area contributed by atoms with E-state index in [4.69, 9.17) is 4.74 Å². The first-order chi connectivity index (χ1) is 6.37. The van der Waals surface area contributed by atoms with E-state index in [2.05, 4.69) is 4.74 Å². The Kier molecular flexibility index (Phi) is 3.36. The first-order valence-corrected chi connectivity index (χ1v) is 4.39. The molecular weight excluding hydrogens is 204 g/mol. The van der Waals surface area contributed by atoms with Crippen LogP contribution < -0.4 is 0 Å². The highest BCUT2D eigenvalue weighted by Crippen LogP contribution is 2.40. The van der Waals surface area contributed by atoms with Gasteiger partial charge in [-0.05, 0) is 6.92 Å². The maximum Gasteiger partial charge on any atom is 0.394 e. The highest BCUT2D eigenvalue weighted by Gasteiger charge is 2.49. The van der Waals surface area contributed by atoms with Crippen molar-refractivity contribution in [1.29, 1.82) is 0 Å². The van der Waals surface area contributed by atoms with Crippen molar-refractivity contribution in [2.75, 3.05) is 6.61 Å². The standard InChI is InChI=1S/C8H12F4O2/c1-2-13-7(5-8(10,11)12)4-3-6(9)14-7/h6H,2-5H2,1H3. The van der Waals surface area contributed by atoms with Gasteiger partial charge in [-0.3, -0.25) is 0 Å². The Bertz CT molecular complexity index is 190. The number of ether oxygens (including phenoxy) is 2. The molecule has 2 nitrogen and oxygen atoms in total. The molecule has 0 aromatic rings. The van der Waals surface area contributed by atoms with E-state index in [0.717, 1.165) is 0 Å². The molecule has 0 bridgehead atoms. The Labute approximate surface area is 79.2 Å². The largest absolute Gasteiger partial charge is 0.394 e. The van der Waals surface area contributed by atoms with E-state index < -0.39 is 24.7 Å². The molecule has 1 aliphatic rings. The minimum absolute atomic E-state index is 0.0456. The van der Waals surface area contributed by atoms with E-state index >= 15 is 0 Å². The molecule has 0 amide bonds. The highest BCUT2D eigenvalue weighted by atomic mass is 19.4. The molecule has 2 atom stereocenters. The van der Waals surface area contributed by atoms with Crippen LogP contribution in [0, 0.1) is 0 Å². The maximum absolute atomic E-state index is 12.6. The van der Waals surface area contributed by atoms with Gasteiger partial charge >= 0.3 is 6.18 Å². The predicted molar refractivity (Wildman–Crippen MR) is 40.2 cm³/mol. The van der Waals surface area contributed by atoms with Crippen LogP contribution in [0.3, 0.4) is 0 Å². The quantitative estimate of drug-likeness (QED) is 0.675. The number of hydrogen-bond acceptors (Lipinski definition) is 2. The van der Waals surface area contributed by atoms with Gasteiger partial charge in [0.2, 0.25) is 6.36 Å². The summed E-state index contributed by atoms with van der Waals surface area (Å²) in [5, 5.41) is 0. The second kappa shape index (κ2) is 4.02. The Morgan fingerprint density at radius 3 is 2.50 bits per heavy atom. The number of rotatable bonds is 3. The van der Waals surface area contributed by atoms with Gasteiger partial charge in [-0.2, -0.15) is 13.2 Å². The Hall–Kier alpha value is -0.360. The third kappa shape index (κ3) is 3.09. The normalized spacial score (nSPS) is 33.6. The molecule has 0 aliphatic carbocycles. The van der Waals surface area contributed by atoms with Crippen molar-refractivity contribution < 1.29 is 27.0 Å². The molecule has 14 heavy (non-hydrogen) atoms. The molecule has 1 aliphatic heterocycles. The summed E-state index contributed by atoms with van der Waals surface area (Å²) in [6.07, 6.45) is -7.41. The summed E-state index contributed by atoms with van der Waals surface area (Å²) in [6, 6.07) is 0. The van der Waals surface area contributed by atoms with Crippen LogP contribution >= 0.6 is 0 Å². The fourth-order valence-electron chi connectivity index (χ4n) is 1.54. The fourth-order valence-corrected chi connectivity index (χ4v) is 1.54. The smallest absolute Gasteiger partial charge is 0.350 e. The highest BCUT2D eigenvalue weighted by molar-refractivity contribution is 4.80. The molecule has 84 valence electrons. The second-order valence-corrected chi connectivity index (χ2v) is 3.20. The van der Waals surface area contributed by atoms with Crippen molar-refractivity contribution in [2.24, 2.45) is 0 Å². The van der Waals surface area contributed by atoms with Crippen LogP contribution in [0.25, 0.3) is 0 Å². The SMILES string of the molecule is CCOC1(CC(F)(F)F)CCC(F)O1. The van der Waals surface area contributed by atoms with Crippen molar-refractivity contribution in [1.82, 2.24) is 0 Å². The lowest BCUT2D eigenvalue weighted by molar-refractivity contribution is -0.289. The Morgan fingerprint density at radius 1 is 1.50 bits per heavy atom. The predicted octanol–water partition coefficient (Wildman–Crippen LogP) is 2.78. The molecule has 0 aromatic heterocycles. The minimum Gasteiger partial charge on any atom is -0.350 e. The van der Waals surface area contributed by atoms with Gasteiger partial charge < -0.3 is 9.47 Å². The average molecular weight is 216 g/mol. The van der Waals surface area contributed by atoms with Gasteiger partial charge in [-0.1, -0.05) is 0 Å². The monoisotopic (exact) mass is 216 g/mol. The summed E-state index contributed by atoms with van der Waals surface area (Å²) in [7, 11) is 0. The molecule has 1 fully saturated rings. The molecule has 0 spiro atoms. The van der Waals surface area contributed by atoms with Gasteiger partial charge in [0.15, 0.2) is 5.79 Å². The lowest BCUT2D eigenvalue weighted by Gasteiger charge is -2.28. The van der Waals surface area contributed by atoms with E-state index in [9.17, 15) is 17.6 Å². The zero-order chi connectivity index (χ0) is 10.8. The van der Waals surface area contributed by atoms with Crippen LogP contribution in [0.15, 0.2) is 0 Å². The zero-order valence-corrected chi connectivity index (χ0v) is 7.73. The van der Waals surface area contributed by atoms with Crippen LogP contribution in [-0.2, 0) is 9.47 Å². The minimum atomic E-state index is -4.40. The van der Waals surface area contributed by atoms with Crippen molar-refractivity contribution in [3.8, 4) is 0 Å². The fraction of sp³-hybridized carbons (Fsp3) is 1.00. The summed E-state index contributed by atoms with van der Waals surface area (Å²) in [5.74, 6) is -1.80. The molecule has 1 heterocycles. The van der Waals surface area contributed by atoms with Crippen LogP contribution in [0.4, 0.5) is 17.6 Å². The van der Waals surface area contributed by atoms with E-state index in [-0.39, 0.29) is 19.4 Å². The van der Waals surface area contributed by atoms with Gasteiger partial charge in [0, 0.05) is 19.4 Å². The maximum atomic E-state index is 12.6. The van der Waals surface area contributed by atoms with Crippen LogP contribution in [0.1, 0.15) is 26.2 Å². The van der Waals surface area contributed by atoms with Crippen LogP contribution in [0.2, 0.25) is 0 Å². The molecule has 1 saturated heterocycles. The van der Waals surface area contributed by atoms with Gasteiger partial charge in [0.1, 0.15) is 0 Å². The first-order valence-electron chi connectivity index (χ1n) is 4.39. The summed E-state index contributed by atoms with van der Waals surface area (Å²) in [6.45, 7) is 1.62. The molecule has 0 saturated carbocycles. The van der Waals surface area contributed by atoms with Gasteiger partial charge in [0.25, 0.3) is 0 Å². The number of hydrogen-bond donors (Lipinski definition) is 0. The van der Waals surface area contributed by atoms with Gasteiger partial charge in [0.05, 0.1) is 6.42 Å². The first kappa shape index (κ1) is 11.7. The summed E-state index contributed by atoms with van der Waals surface area (Å²) in [4.78, 5) is 0. The summed E-state index contributed by atoms with van der Waals surface area (Å²) < 4.78 is 58.4. The second-order valence-electron chi connectivity index (χ2n) is 3.20. The van der Waals surface area contributed by atoms with Crippen molar-refractivity contribution >= 4 is 0 Å². The number of halogens is 4. The van der Waals surface area contributed by atoms with Crippen molar-refractivity contribution in [3.63, 3.8) is 0 Å². The van der Waals surface area contributed by atoms with Crippen molar-refractivity contribution in [2.45, 2.75) is 44.5 Å². The zero-order valence-electron chi connectivity index (χ0n) is 7.73. The number of alkyl halides is 4. The molecule has 1 rings (SSSR count). The molecule has 0 aromatic carbocycles. The van der Waals surface area contributed by atoms with Crippen molar-refractivity contribution in [3.05, 3.63) is 0 Å². The molecule has 0 radical (unpaired) electrons. The Morgan fingerprint density at radius 2 is 2.14 bits per heavy atom. The van der Waals surface area contributed by atoms with Gasteiger partial charge in [-0.25, -0.2) is 4.39 Å². The Balaban J connectivity index is 2.63. The topological polar surface area (TPSA) is 18.5 Å². The van der Waals surface area contributed by atoms with E-state index in [1.807, 2.05) is 0 Å². The van der Waals surface area contributed by atoms with E-state index in [1.54, 1.807) is 6.92 Å². The lowest BCUT2D eigenvalue weighted by Crippen LogP contribution is -2.37. The molecule has 6 heteroatoms. The van der Waals surface area contributed by atoms with Crippen LogP contribution in [0.5, 0.6) is 0 Å². The third-order valence-electron chi connectivity index (χ3n) is 1.97. The summed E-state index contributed by atoms with van der Waals surface area (Å²) >= 11 is 0. The molecule has 0 N–H and O–H groups in total. The van der Waals surface area contributed by atoms with Gasteiger partial charge in [-0.15, -0.1) is 0 Å². The summed E-state index contributed by atoms with van der Waals surface area (Å²) in [5.41, 5.74) is 0. The van der Waals surface area contributed by atoms with Crippen LogP contribution in [-0.4, -0.2) is 24.9 Å². The van der Waals surface area contributed by atoms with E-state index in [0.29, 0.717) is 0 Å². The average Bonchev–Trinajstić information content (AvgIpc) is 2.28. The lowest BCUT2D eigenvalue weighted by atomic mass is 10.1. The molecular formula is C8H12F4O2.